The highest BCUT2D eigenvalue weighted by molar-refractivity contribution is 6.31. The number of likely N-dealkylation sites (N-methyl/N-ethyl adjacent to an activating group) is 6. The second kappa shape index (κ2) is 34.8. The number of alkyl halides is 3. The van der Waals surface area contributed by atoms with E-state index in [1.807, 2.05) is 65.8 Å². The first-order valence-corrected chi connectivity index (χ1v) is 35.5. The minimum absolute atomic E-state index is 0.0271. The molecule has 6 rings (SSSR count). The molecule has 0 aromatic heterocycles. The summed E-state index contributed by atoms with van der Waals surface area (Å²) in [7, 11) is 7.33. The van der Waals surface area contributed by atoms with Gasteiger partial charge in [0.05, 0.1) is 23.2 Å². The predicted molar refractivity (Wildman–Crippen MR) is 368 cm³/mol. The lowest BCUT2D eigenvalue weighted by molar-refractivity contribution is -0.160. The molecular formula is C72H107ClF3N11O12. The zero-order valence-corrected chi connectivity index (χ0v) is 61.5. The molecule has 27 heteroatoms. The SMILES string of the molecule is CCO[C@@H]1C[C@H]2C(=O)NC3(CCCC3)C(=O)N(C)[C@@H]([C@@H](C)CC)C(=O)N(C)[C@H](C)CC(=O)N(C)[C@@H](CC(C)C)C(=O)N[C@@H]([C@@H](C)CC)C(=O)N(C)[C@@H](C)C(=O)N3CC[C@H]3C(=O)N(CC)[C@@H](Cc3ccc(C)cc3)C(=O)N(C)CC(=O)N[C@@H](CCc3ccc(C(F)(F)F)c(Cl)c3)C(=O)N2C1. The fourth-order valence-electron chi connectivity index (χ4n) is 14.0. The van der Waals surface area contributed by atoms with Gasteiger partial charge >= 0.3 is 6.18 Å². The van der Waals surface area contributed by atoms with Gasteiger partial charge in [-0.3, -0.25) is 52.7 Å². The quantitative estimate of drug-likeness (QED) is 0.185. The summed E-state index contributed by atoms with van der Waals surface area (Å²) in [4.78, 5) is 175. The number of halogens is 4. The molecule has 2 aromatic rings. The van der Waals surface area contributed by atoms with E-state index in [9.17, 15) is 37.1 Å². The number of nitrogens with zero attached hydrogens (tertiary/aromatic N) is 8. The number of amides is 11. The highest BCUT2D eigenvalue weighted by Crippen LogP contribution is 2.37. The normalized spacial score (nSPS) is 26.9. The summed E-state index contributed by atoms with van der Waals surface area (Å²) < 4.78 is 47.8. The number of ether oxygens (including phenoxy) is 1. The molecule has 3 N–H and O–H groups in total. The Labute approximate surface area is 587 Å². The molecule has 0 unspecified atom stereocenters. The average Bonchev–Trinajstić information content (AvgIpc) is 1.77. The van der Waals surface area contributed by atoms with Crippen molar-refractivity contribution in [2.24, 2.45) is 17.8 Å². The molecule has 550 valence electrons. The lowest BCUT2D eigenvalue weighted by Crippen LogP contribution is -2.65. The number of carbonyl (C=O) groups excluding carboxylic acids is 11. The van der Waals surface area contributed by atoms with Gasteiger partial charge in [0.25, 0.3) is 0 Å². The van der Waals surface area contributed by atoms with E-state index >= 15 is 28.8 Å². The summed E-state index contributed by atoms with van der Waals surface area (Å²) in [6.07, 6.45) is -3.50. The van der Waals surface area contributed by atoms with E-state index < -0.39 is 166 Å². The van der Waals surface area contributed by atoms with E-state index in [0.717, 1.165) is 22.6 Å². The Morgan fingerprint density at radius 2 is 1.31 bits per heavy atom. The van der Waals surface area contributed by atoms with Crippen LogP contribution in [0.15, 0.2) is 42.5 Å². The van der Waals surface area contributed by atoms with Crippen LogP contribution in [0.1, 0.15) is 162 Å². The number of fused-ring (bicyclic) bond motifs is 2. The van der Waals surface area contributed by atoms with Crippen molar-refractivity contribution in [1.82, 2.24) is 55.1 Å². The topological polar surface area (TPSA) is 259 Å². The van der Waals surface area contributed by atoms with Crippen LogP contribution in [0.2, 0.25) is 5.02 Å². The fourth-order valence-corrected chi connectivity index (χ4v) is 14.3. The van der Waals surface area contributed by atoms with Crippen molar-refractivity contribution < 1.29 is 70.6 Å². The lowest BCUT2D eigenvalue weighted by atomic mass is 9.90. The third-order valence-corrected chi connectivity index (χ3v) is 21.2. The number of nitrogens with one attached hydrogen (secondary N) is 3. The van der Waals surface area contributed by atoms with Gasteiger partial charge in [0, 0.05) is 86.8 Å². The molecule has 3 heterocycles. The van der Waals surface area contributed by atoms with Gasteiger partial charge < -0.3 is 59.9 Å². The van der Waals surface area contributed by atoms with Crippen LogP contribution in [0.4, 0.5) is 13.2 Å². The number of hydrogen-bond donors (Lipinski definition) is 3. The van der Waals surface area contributed by atoms with Gasteiger partial charge in [0.2, 0.25) is 65.0 Å². The molecule has 2 aromatic carbocycles. The fraction of sp³-hybridized carbons (Fsp3) is 0.681. The molecule has 1 saturated carbocycles. The molecule has 0 radical (unpaired) electrons. The standard InChI is InChI=1S/C72H107ClF3N11O12/c1-17-44(8)60-68(96)82(14)47(11)64(92)86-34-31-54(86)67(95)85(19-3)57(38-49-25-23-43(7)24-26-49)66(94)80(12)41-58(88)77-53(30-28-48-27-29-51(52(73)37-48)72(74,75)76)65(93)87-40-50(99-20-4)39-56(87)63(91)79-71(32-21-22-33-71)70(98)84(16)61(45(9)18-2)69(97)81(13)46(10)36-59(89)83(15)55(35-42(5)6)62(90)78-60/h23-27,29,37,42,44-47,50,53-57,60-61H,17-22,28,30-36,38-41H2,1-16H3,(H,77,88)(H,78,90)(H,79,91)/t44-,45-,46+,47-,50+,53-,54-,55-,56-,57-,60-,61-/m0/s1. The lowest BCUT2D eigenvalue weighted by Gasteiger charge is -2.45. The van der Waals surface area contributed by atoms with Crippen LogP contribution in [0.25, 0.3) is 0 Å². The molecular weight excluding hydrogens is 1300 g/mol. The van der Waals surface area contributed by atoms with Gasteiger partial charge in [0.15, 0.2) is 0 Å². The van der Waals surface area contributed by atoms with E-state index in [1.165, 1.54) is 82.5 Å². The summed E-state index contributed by atoms with van der Waals surface area (Å²) >= 11 is 6.18. The molecule has 0 bridgehead atoms. The number of benzene rings is 2. The summed E-state index contributed by atoms with van der Waals surface area (Å²) in [5.41, 5.74) is -0.780. The third kappa shape index (κ3) is 19.2. The second-order valence-corrected chi connectivity index (χ2v) is 28.7. The van der Waals surface area contributed by atoms with E-state index in [0.29, 0.717) is 31.2 Å². The van der Waals surface area contributed by atoms with Gasteiger partial charge in [-0.15, -0.1) is 0 Å². The Bertz CT molecular complexity index is 3240. The number of carbonyl (C=O) groups is 11. The van der Waals surface area contributed by atoms with Gasteiger partial charge in [0.1, 0.15) is 53.9 Å². The highest BCUT2D eigenvalue weighted by Gasteiger charge is 2.52. The predicted octanol–water partition coefficient (Wildman–Crippen LogP) is 6.41. The average molecular weight is 1410 g/mol. The first-order chi connectivity index (χ1) is 46.5. The maximum Gasteiger partial charge on any atom is 0.417 e. The zero-order valence-electron chi connectivity index (χ0n) is 60.8. The second-order valence-electron chi connectivity index (χ2n) is 28.3. The van der Waals surface area contributed by atoms with E-state index in [2.05, 4.69) is 16.0 Å². The number of aryl methyl sites for hydroxylation is 2. The molecule has 4 aliphatic rings. The van der Waals surface area contributed by atoms with E-state index in [1.54, 1.807) is 27.7 Å². The molecule has 3 saturated heterocycles. The molecule has 23 nitrogen and oxygen atoms in total. The van der Waals surface area contributed by atoms with Crippen LogP contribution < -0.4 is 16.0 Å². The molecule has 99 heavy (non-hydrogen) atoms. The Kier molecular flexibility index (Phi) is 28.4. The van der Waals surface area contributed by atoms with E-state index in [4.69, 9.17) is 16.3 Å². The first-order valence-electron chi connectivity index (χ1n) is 35.1. The first kappa shape index (κ1) is 80.6. The summed E-state index contributed by atoms with van der Waals surface area (Å²) in [6.45, 7) is 19.1. The van der Waals surface area contributed by atoms with Crippen molar-refractivity contribution in [3.8, 4) is 0 Å². The van der Waals surface area contributed by atoms with Gasteiger partial charge in [-0.1, -0.05) is 115 Å². The summed E-state index contributed by atoms with van der Waals surface area (Å²) in [5, 5.41) is 8.17. The molecule has 1 aliphatic carbocycles. The minimum Gasteiger partial charge on any atom is -0.377 e. The van der Waals surface area contributed by atoms with Crippen LogP contribution in [0, 0.1) is 24.7 Å². The van der Waals surface area contributed by atoms with Crippen molar-refractivity contribution in [3.05, 3.63) is 69.7 Å². The Balaban J connectivity index is 1.45. The Hall–Kier alpha value is -7.35. The zero-order chi connectivity index (χ0) is 73.9. The number of hydrogen-bond acceptors (Lipinski definition) is 12. The summed E-state index contributed by atoms with van der Waals surface area (Å²) in [6, 6.07) is 0.0277. The summed E-state index contributed by atoms with van der Waals surface area (Å²) in [5.74, 6) is -7.92. The smallest absolute Gasteiger partial charge is 0.377 e. The third-order valence-electron chi connectivity index (χ3n) is 20.9. The Morgan fingerprint density at radius 1 is 0.687 bits per heavy atom. The maximum absolute atomic E-state index is 15.4. The molecule has 1 spiro atoms. The highest BCUT2D eigenvalue weighted by atomic mass is 35.5. The van der Waals surface area contributed by atoms with E-state index in [-0.39, 0.29) is 95.5 Å². The van der Waals surface area contributed by atoms with Crippen molar-refractivity contribution in [3.63, 3.8) is 0 Å². The minimum atomic E-state index is -4.77. The molecule has 12 atom stereocenters. The van der Waals surface area contributed by atoms with Crippen molar-refractivity contribution in [2.45, 2.75) is 232 Å². The van der Waals surface area contributed by atoms with Crippen molar-refractivity contribution in [2.75, 3.05) is 68.0 Å². The number of rotatable bonds is 14. The van der Waals surface area contributed by atoms with Crippen molar-refractivity contribution in [1.29, 1.82) is 0 Å². The van der Waals surface area contributed by atoms with Crippen LogP contribution in [0.3, 0.4) is 0 Å². The maximum atomic E-state index is 15.4. The monoisotopic (exact) mass is 1410 g/mol. The molecule has 4 fully saturated rings. The largest absolute Gasteiger partial charge is 0.417 e. The van der Waals surface area contributed by atoms with Gasteiger partial charge in [-0.05, 0) is 114 Å². The molecule has 3 aliphatic heterocycles. The Morgan fingerprint density at radius 3 is 1.87 bits per heavy atom. The van der Waals surface area contributed by atoms with Crippen LogP contribution in [-0.2, 0) is 76.5 Å². The van der Waals surface area contributed by atoms with Gasteiger partial charge in [-0.2, -0.15) is 13.2 Å². The van der Waals surface area contributed by atoms with Crippen LogP contribution in [-0.4, -0.2) is 238 Å². The van der Waals surface area contributed by atoms with Crippen LogP contribution in [0.5, 0.6) is 0 Å². The van der Waals surface area contributed by atoms with Crippen molar-refractivity contribution >= 4 is 76.6 Å². The van der Waals surface area contributed by atoms with Crippen LogP contribution >= 0.6 is 11.6 Å². The molecule has 11 amide bonds. The van der Waals surface area contributed by atoms with Gasteiger partial charge in [-0.25, -0.2) is 0 Å².